The lowest BCUT2D eigenvalue weighted by Gasteiger charge is -2.16. The number of benzene rings is 1. The van der Waals surface area contributed by atoms with Crippen molar-refractivity contribution in [1.82, 2.24) is 25.7 Å². The molecule has 2 aliphatic heterocycles. The van der Waals surface area contributed by atoms with Crippen LogP contribution in [0.4, 0.5) is 28.0 Å². The highest BCUT2D eigenvalue weighted by molar-refractivity contribution is 8.00. The number of thiophene rings is 1. The van der Waals surface area contributed by atoms with E-state index < -0.39 is 29.8 Å². The van der Waals surface area contributed by atoms with Crippen LogP contribution in [0, 0.1) is 0 Å². The molecule has 4 heterocycles. The summed E-state index contributed by atoms with van der Waals surface area (Å²) in [6, 6.07) is 3.51. The maximum Gasteiger partial charge on any atom is 0.446 e. The molecule has 0 radical (unpaired) electrons. The molecule has 2 fully saturated rings. The van der Waals surface area contributed by atoms with Crippen molar-refractivity contribution in [2.24, 2.45) is 0 Å². The van der Waals surface area contributed by atoms with Gasteiger partial charge in [-0.2, -0.15) is 18.2 Å². The molecule has 0 unspecified atom stereocenters. The van der Waals surface area contributed by atoms with E-state index in [1.165, 1.54) is 0 Å². The lowest BCUT2D eigenvalue weighted by atomic mass is 10.2. The normalized spacial score (nSPS) is 23.8. The first kappa shape index (κ1) is 22.2. The number of amides is 2. The summed E-state index contributed by atoms with van der Waals surface area (Å²) in [5, 5.41) is 12.6. The Morgan fingerprint density at radius 3 is 2.82 bits per heavy atom. The zero-order valence-corrected chi connectivity index (χ0v) is 18.7. The monoisotopic (exact) mass is 502 g/mol. The number of aromatic nitrogens is 2. The van der Waals surface area contributed by atoms with E-state index in [4.69, 9.17) is 4.52 Å². The molecule has 0 aliphatic carbocycles. The molecular formula is C19H18F4N6O2S2. The van der Waals surface area contributed by atoms with Gasteiger partial charge in [-0.1, -0.05) is 17.3 Å². The molecule has 2 saturated heterocycles. The molecule has 2 amide bonds. The van der Waals surface area contributed by atoms with Gasteiger partial charge >= 0.3 is 11.5 Å². The third-order valence-electron chi connectivity index (χ3n) is 5.37. The first-order valence-electron chi connectivity index (χ1n) is 9.96. The molecule has 0 bridgehead atoms. The Balaban J connectivity index is 1.55. The fourth-order valence-electron chi connectivity index (χ4n) is 3.93. The second-order valence-electron chi connectivity index (χ2n) is 7.84. The molecule has 176 valence electrons. The predicted molar refractivity (Wildman–Crippen MR) is 116 cm³/mol. The topological polar surface area (TPSA) is 95.3 Å². The number of hydrogen-bond acceptors (Lipinski definition) is 8. The summed E-state index contributed by atoms with van der Waals surface area (Å²) in [5.41, 5.74) is -3.99. The van der Waals surface area contributed by atoms with E-state index in [0.29, 0.717) is 22.3 Å². The molecule has 0 saturated carbocycles. The van der Waals surface area contributed by atoms with E-state index in [9.17, 15) is 22.4 Å². The van der Waals surface area contributed by atoms with E-state index in [-0.39, 0.29) is 46.3 Å². The van der Waals surface area contributed by atoms with Crippen LogP contribution in [0.2, 0.25) is 0 Å². The Morgan fingerprint density at radius 2 is 2.15 bits per heavy atom. The van der Waals surface area contributed by atoms with Crippen molar-refractivity contribution in [3.05, 3.63) is 24.1 Å². The molecule has 1 aromatic carbocycles. The van der Waals surface area contributed by atoms with Crippen molar-refractivity contribution in [3.8, 4) is 10.7 Å². The van der Waals surface area contributed by atoms with Crippen molar-refractivity contribution >= 4 is 44.9 Å². The highest BCUT2D eigenvalue weighted by Gasteiger charge is 2.36. The van der Waals surface area contributed by atoms with Crippen molar-refractivity contribution in [1.29, 1.82) is 0 Å². The number of thioether (sulfide) groups is 1. The van der Waals surface area contributed by atoms with Crippen LogP contribution in [-0.2, 0) is 0 Å². The fraction of sp³-hybridized carbons (Fsp3) is 0.421. The van der Waals surface area contributed by atoms with Crippen molar-refractivity contribution < 1.29 is 26.9 Å². The lowest BCUT2D eigenvalue weighted by Crippen LogP contribution is -2.29. The van der Waals surface area contributed by atoms with Gasteiger partial charge in [-0.05, 0) is 24.9 Å². The first-order valence-corrected chi connectivity index (χ1v) is 11.6. The van der Waals surface area contributed by atoms with E-state index in [1.807, 2.05) is 11.9 Å². The maximum absolute atomic E-state index is 14.4. The standard InChI is InChI=1S/C19H18F4N6O2S2/c1-29-6-9(20)12(7-29)25-10-4-2-3-8-13(10)32-15(14(8)33-19(21,22)23)16-27-17(31-28-16)11-5-24-18(30)26-11/h2-4,9,11-12,25H,5-7H2,1H3,(H2,24,26,30)/t9-,11+,12+/m0/s1. The van der Waals surface area contributed by atoms with Gasteiger partial charge in [-0.25, -0.2) is 9.18 Å². The Labute approximate surface area is 193 Å². The zero-order chi connectivity index (χ0) is 23.3. The van der Waals surface area contributed by atoms with Gasteiger partial charge in [0.25, 0.3) is 5.89 Å². The Bertz CT molecular complexity index is 1200. The molecule has 14 heteroatoms. The summed E-state index contributed by atoms with van der Waals surface area (Å²) in [6.45, 7) is 0.997. The minimum Gasteiger partial charge on any atom is -0.377 e. The number of halogens is 4. The quantitative estimate of drug-likeness (QED) is 0.359. The maximum atomic E-state index is 14.4. The third kappa shape index (κ3) is 4.46. The number of nitrogens with zero attached hydrogens (tertiary/aromatic N) is 3. The number of urea groups is 1. The van der Waals surface area contributed by atoms with Crippen molar-refractivity contribution in [2.75, 3.05) is 32.0 Å². The van der Waals surface area contributed by atoms with Crippen LogP contribution in [-0.4, -0.2) is 65.5 Å². The second kappa shape index (κ2) is 8.33. The van der Waals surface area contributed by atoms with E-state index in [1.54, 1.807) is 18.2 Å². The summed E-state index contributed by atoms with van der Waals surface area (Å²) < 4.78 is 60.4. The van der Waals surface area contributed by atoms with Crippen LogP contribution in [0.3, 0.4) is 0 Å². The number of carbonyl (C=O) groups is 1. The molecule has 3 atom stereocenters. The molecule has 33 heavy (non-hydrogen) atoms. The van der Waals surface area contributed by atoms with Gasteiger partial charge in [0, 0.05) is 29.9 Å². The van der Waals surface area contributed by atoms with Gasteiger partial charge in [0.15, 0.2) is 0 Å². The van der Waals surface area contributed by atoms with Crippen LogP contribution < -0.4 is 16.0 Å². The zero-order valence-electron chi connectivity index (χ0n) is 17.1. The van der Waals surface area contributed by atoms with E-state index >= 15 is 0 Å². The number of fused-ring (bicyclic) bond motifs is 1. The molecule has 3 aromatic rings. The summed E-state index contributed by atoms with van der Waals surface area (Å²) in [4.78, 5) is 17.6. The number of likely N-dealkylation sites (N-methyl/N-ethyl adjacent to an activating group) is 1. The Hall–Kier alpha value is -2.58. The van der Waals surface area contributed by atoms with Gasteiger partial charge in [-0.15, -0.1) is 11.3 Å². The van der Waals surface area contributed by atoms with Gasteiger partial charge in [0.1, 0.15) is 12.2 Å². The molecule has 5 rings (SSSR count). The average Bonchev–Trinajstić information content (AvgIpc) is 3.49. The number of rotatable bonds is 5. The second-order valence-corrected chi connectivity index (χ2v) is 9.94. The molecule has 2 aromatic heterocycles. The van der Waals surface area contributed by atoms with Gasteiger partial charge in [-0.3, -0.25) is 0 Å². The van der Waals surface area contributed by atoms with Gasteiger partial charge < -0.3 is 25.4 Å². The first-order chi connectivity index (χ1) is 15.7. The summed E-state index contributed by atoms with van der Waals surface area (Å²) in [5.74, 6) is 0.0883. The number of hydrogen-bond donors (Lipinski definition) is 3. The third-order valence-corrected chi connectivity index (χ3v) is 7.60. The predicted octanol–water partition coefficient (Wildman–Crippen LogP) is 3.98. The van der Waals surface area contributed by atoms with Crippen molar-refractivity contribution in [3.63, 3.8) is 0 Å². The van der Waals surface area contributed by atoms with Gasteiger partial charge in [0.05, 0.1) is 21.3 Å². The smallest absolute Gasteiger partial charge is 0.377 e. The van der Waals surface area contributed by atoms with E-state index in [2.05, 4.69) is 26.1 Å². The van der Waals surface area contributed by atoms with Gasteiger partial charge in [0.2, 0.25) is 5.82 Å². The fourth-order valence-corrected chi connectivity index (χ4v) is 6.04. The minimum absolute atomic E-state index is 0.00554. The number of anilines is 1. The molecule has 3 N–H and O–H groups in total. The summed E-state index contributed by atoms with van der Waals surface area (Å²) in [6.07, 6.45) is -1.09. The average molecular weight is 503 g/mol. The Kier molecular flexibility index (Phi) is 5.61. The van der Waals surface area contributed by atoms with Crippen LogP contribution in [0.1, 0.15) is 11.9 Å². The minimum atomic E-state index is -4.54. The van der Waals surface area contributed by atoms with Crippen LogP contribution in [0.15, 0.2) is 27.6 Å². The Morgan fingerprint density at radius 1 is 1.33 bits per heavy atom. The van der Waals surface area contributed by atoms with Crippen LogP contribution in [0.5, 0.6) is 0 Å². The summed E-state index contributed by atoms with van der Waals surface area (Å²) in [7, 11) is 1.81. The molecular weight excluding hydrogens is 484 g/mol. The van der Waals surface area contributed by atoms with E-state index in [0.717, 1.165) is 11.3 Å². The van der Waals surface area contributed by atoms with Crippen LogP contribution >= 0.6 is 23.1 Å². The van der Waals surface area contributed by atoms with Crippen LogP contribution in [0.25, 0.3) is 20.8 Å². The van der Waals surface area contributed by atoms with Crippen molar-refractivity contribution in [2.45, 2.75) is 28.7 Å². The lowest BCUT2D eigenvalue weighted by molar-refractivity contribution is -0.0327. The summed E-state index contributed by atoms with van der Waals surface area (Å²) >= 11 is 0.828. The largest absolute Gasteiger partial charge is 0.446 e. The molecule has 0 spiro atoms. The molecule has 8 nitrogen and oxygen atoms in total. The number of carbonyl (C=O) groups excluding carboxylic acids is 1. The molecule has 2 aliphatic rings. The SMILES string of the molecule is CN1C[C@H](F)[C@H](Nc2cccc3c(SC(F)(F)F)c(-c4noc([C@H]5CNC(=O)N5)n4)sc23)C1. The highest BCUT2D eigenvalue weighted by atomic mass is 32.2. The highest BCUT2D eigenvalue weighted by Crippen LogP contribution is 2.50. The number of nitrogens with one attached hydrogen (secondary N) is 3. The number of alkyl halides is 4. The number of likely N-dealkylation sites (tertiary alicyclic amines) is 1.